The lowest BCUT2D eigenvalue weighted by molar-refractivity contribution is 0.0472. The molecule has 2 aromatic rings. The number of carbonyl (C=O) groups excluding carboxylic acids is 1. The molecule has 110 valence electrons. The van der Waals surface area contributed by atoms with Crippen molar-refractivity contribution in [1.29, 1.82) is 0 Å². The number of hydrogen-bond acceptors (Lipinski definition) is 4. The van der Waals surface area contributed by atoms with Crippen LogP contribution in [0, 0.1) is 6.92 Å². The van der Waals surface area contributed by atoms with Gasteiger partial charge < -0.3 is 4.74 Å². The molecule has 5 heteroatoms. The molecule has 21 heavy (non-hydrogen) atoms. The number of aryl methyl sites for hydroxylation is 1. The van der Waals surface area contributed by atoms with Crippen molar-refractivity contribution >= 4 is 15.8 Å². The summed E-state index contributed by atoms with van der Waals surface area (Å²) in [4.78, 5) is 12.1. The molecular weight excluding hydrogens is 288 g/mol. The third kappa shape index (κ3) is 4.16. The maximum absolute atomic E-state index is 12.0. The lowest BCUT2D eigenvalue weighted by Gasteiger charge is -2.06. The van der Waals surface area contributed by atoms with Gasteiger partial charge in [-0.25, -0.2) is 13.2 Å². The van der Waals surface area contributed by atoms with E-state index in [9.17, 15) is 13.2 Å². The summed E-state index contributed by atoms with van der Waals surface area (Å²) in [5.74, 6) is -0.540. The number of benzene rings is 2. The summed E-state index contributed by atoms with van der Waals surface area (Å²) in [6, 6.07) is 13.5. The minimum atomic E-state index is -3.34. The minimum absolute atomic E-state index is 0.104. The normalized spacial score (nSPS) is 11.1. The van der Waals surface area contributed by atoms with Crippen molar-refractivity contribution in [2.75, 3.05) is 6.26 Å². The lowest BCUT2D eigenvalue weighted by Crippen LogP contribution is -2.07. The summed E-state index contributed by atoms with van der Waals surface area (Å²) in [6.07, 6.45) is 1.10. The van der Waals surface area contributed by atoms with Crippen LogP contribution in [-0.4, -0.2) is 20.6 Å². The van der Waals surface area contributed by atoms with Gasteiger partial charge in [0, 0.05) is 6.26 Å². The minimum Gasteiger partial charge on any atom is -0.457 e. The van der Waals surface area contributed by atoms with E-state index in [0.29, 0.717) is 0 Å². The van der Waals surface area contributed by atoms with E-state index < -0.39 is 15.8 Å². The number of hydrogen-bond donors (Lipinski definition) is 0. The molecule has 2 rings (SSSR count). The van der Waals surface area contributed by atoms with E-state index in [-0.39, 0.29) is 17.1 Å². The molecule has 0 aromatic heterocycles. The van der Waals surface area contributed by atoms with E-state index in [1.807, 2.05) is 31.2 Å². The number of sulfone groups is 1. The van der Waals surface area contributed by atoms with Crippen LogP contribution in [0.25, 0.3) is 0 Å². The summed E-state index contributed by atoms with van der Waals surface area (Å²) >= 11 is 0. The molecule has 0 fully saturated rings. The quantitative estimate of drug-likeness (QED) is 0.815. The standard InChI is InChI=1S/C16H16O4S/c1-12-5-3-6-13(9-12)11-20-16(17)14-7-4-8-15(10-14)21(2,18)19/h3-10H,11H2,1-2H3. The second-order valence-electron chi connectivity index (χ2n) is 4.87. The predicted molar refractivity (Wildman–Crippen MR) is 79.9 cm³/mol. The molecule has 0 aliphatic heterocycles. The van der Waals surface area contributed by atoms with Crippen molar-refractivity contribution < 1.29 is 17.9 Å². The van der Waals surface area contributed by atoms with Gasteiger partial charge in [-0.15, -0.1) is 0 Å². The summed E-state index contributed by atoms with van der Waals surface area (Å²) in [7, 11) is -3.34. The smallest absolute Gasteiger partial charge is 0.338 e. The van der Waals surface area contributed by atoms with Crippen LogP contribution in [0.1, 0.15) is 21.5 Å². The highest BCUT2D eigenvalue weighted by Gasteiger charge is 2.12. The average molecular weight is 304 g/mol. The van der Waals surface area contributed by atoms with Crippen LogP contribution in [0.2, 0.25) is 0 Å². The zero-order valence-electron chi connectivity index (χ0n) is 11.9. The van der Waals surface area contributed by atoms with Gasteiger partial charge in [0.25, 0.3) is 0 Å². The Morgan fingerprint density at radius 2 is 1.81 bits per heavy atom. The molecule has 0 unspecified atom stereocenters. The fourth-order valence-electron chi connectivity index (χ4n) is 1.89. The highest BCUT2D eigenvalue weighted by atomic mass is 32.2. The highest BCUT2D eigenvalue weighted by molar-refractivity contribution is 7.90. The van der Waals surface area contributed by atoms with Gasteiger partial charge in [0.05, 0.1) is 10.5 Å². The topological polar surface area (TPSA) is 60.4 Å². The maximum Gasteiger partial charge on any atom is 0.338 e. The molecule has 4 nitrogen and oxygen atoms in total. The highest BCUT2D eigenvalue weighted by Crippen LogP contribution is 2.13. The Balaban J connectivity index is 2.11. The summed E-state index contributed by atoms with van der Waals surface area (Å²) in [5, 5.41) is 0. The predicted octanol–water partition coefficient (Wildman–Crippen LogP) is 2.76. The van der Waals surface area contributed by atoms with Crippen LogP contribution in [-0.2, 0) is 21.2 Å². The fourth-order valence-corrected chi connectivity index (χ4v) is 2.55. The van der Waals surface area contributed by atoms with E-state index >= 15 is 0 Å². The van der Waals surface area contributed by atoms with Gasteiger partial charge in [0.1, 0.15) is 6.61 Å². The second kappa shape index (κ2) is 6.10. The van der Waals surface area contributed by atoms with Crippen molar-refractivity contribution in [1.82, 2.24) is 0 Å². The van der Waals surface area contributed by atoms with E-state index in [1.165, 1.54) is 24.3 Å². The van der Waals surface area contributed by atoms with Gasteiger partial charge in [-0.2, -0.15) is 0 Å². The zero-order valence-corrected chi connectivity index (χ0v) is 12.7. The average Bonchev–Trinajstić information content (AvgIpc) is 2.44. The van der Waals surface area contributed by atoms with E-state index in [2.05, 4.69) is 0 Å². The van der Waals surface area contributed by atoms with Gasteiger partial charge in [0.15, 0.2) is 9.84 Å². The zero-order chi connectivity index (χ0) is 15.5. The van der Waals surface area contributed by atoms with Gasteiger partial charge in [-0.3, -0.25) is 0 Å². The fraction of sp³-hybridized carbons (Fsp3) is 0.188. The SMILES string of the molecule is Cc1cccc(COC(=O)c2cccc(S(C)(=O)=O)c2)c1. The summed E-state index contributed by atoms with van der Waals surface area (Å²) in [6.45, 7) is 2.12. The van der Waals surface area contributed by atoms with Crippen LogP contribution >= 0.6 is 0 Å². The number of ether oxygens (including phenoxy) is 1. The Kier molecular flexibility index (Phi) is 4.43. The molecule has 0 N–H and O–H groups in total. The van der Waals surface area contributed by atoms with Crippen LogP contribution in [0.15, 0.2) is 53.4 Å². The summed E-state index contributed by atoms with van der Waals surface area (Å²) in [5.41, 5.74) is 2.20. The Hall–Kier alpha value is -2.14. The monoisotopic (exact) mass is 304 g/mol. The lowest BCUT2D eigenvalue weighted by atomic mass is 10.1. The maximum atomic E-state index is 12.0. The number of esters is 1. The Morgan fingerprint density at radius 1 is 1.10 bits per heavy atom. The molecule has 0 amide bonds. The van der Waals surface area contributed by atoms with Gasteiger partial charge in [-0.05, 0) is 30.7 Å². The second-order valence-corrected chi connectivity index (χ2v) is 6.88. The first-order valence-corrected chi connectivity index (χ1v) is 8.28. The molecule has 0 saturated heterocycles. The van der Waals surface area contributed by atoms with Crippen LogP contribution in [0.5, 0.6) is 0 Å². The molecule has 0 radical (unpaired) electrons. The van der Waals surface area contributed by atoms with Crippen molar-refractivity contribution in [3.63, 3.8) is 0 Å². The third-order valence-corrected chi connectivity index (χ3v) is 4.06. The molecule has 0 atom stereocenters. The molecule has 0 aliphatic carbocycles. The molecule has 2 aromatic carbocycles. The van der Waals surface area contributed by atoms with E-state index in [0.717, 1.165) is 17.4 Å². The molecule has 0 spiro atoms. The molecule has 0 saturated carbocycles. The Morgan fingerprint density at radius 3 is 2.48 bits per heavy atom. The number of carbonyl (C=O) groups is 1. The van der Waals surface area contributed by atoms with Crippen molar-refractivity contribution in [2.24, 2.45) is 0 Å². The largest absolute Gasteiger partial charge is 0.457 e. The third-order valence-electron chi connectivity index (χ3n) is 2.95. The van der Waals surface area contributed by atoms with Crippen molar-refractivity contribution in [3.05, 3.63) is 65.2 Å². The molecule has 0 aliphatic rings. The van der Waals surface area contributed by atoms with Gasteiger partial charge >= 0.3 is 5.97 Å². The van der Waals surface area contributed by atoms with Gasteiger partial charge in [-0.1, -0.05) is 35.9 Å². The van der Waals surface area contributed by atoms with E-state index in [4.69, 9.17) is 4.74 Å². The molecule has 0 heterocycles. The molecule has 0 bridgehead atoms. The first-order chi connectivity index (χ1) is 9.86. The Bertz CT molecular complexity index is 763. The molecular formula is C16H16O4S. The van der Waals surface area contributed by atoms with Crippen molar-refractivity contribution in [3.8, 4) is 0 Å². The first kappa shape index (κ1) is 15.3. The summed E-state index contributed by atoms with van der Waals surface area (Å²) < 4.78 is 28.1. The number of rotatable bonds is 4. The van der Waals surface area contributed by atoms with E-state index in [1.54, 1.807) is 0 Å². The van der Waals surface area contributed by atoms with Crippen LogP contribution in [0.3, 0.4) is 0 Å². The van der Waals surface area contributed by atoms with Crippen molar-refractivity contribution in [2.45, 2.75) is 18.4 Å². The first-order valence-electron chi connectivity index (χ1n) is 6.39. The van der Waals surface area contributed by atoms with Crippen LogP contribution < -0.4 is 0 Å². The Labute approximate surface area is 124 Å². The van der Waals surface area contributed by atoms with Gasteiger partial charge in [0.2, 0.25) is 0 Å². The van der Waals surface area contributed by atoms with Crippen LogP contribution in [0.4, 0.5) is 0 Å².